The van der Waals surface area contributed by atoms with E-state index < -0.39 is 0 Å². The molecular weight excluding hydrogens is 270 g/mol. The van der Waals surface area contributed by atoms with Crippen molar-refractivity contribution in [1.82, 2.24) is 0 Å². The molecule has 0 radical (unpaired) electrons. The van der Waals surface area contributed by atoms with Crippen LogP contribution in [0.2, 0.25) is 0 Å². The molecule has 0 aliphatic heterocycles. The van der Waals surface area contributed by atoms with Crippen LogP contribution in [0.1, 0.15) is 11.3 Å². The zero-order valence-corrected chi connectivity index (χ0v) is 10.1. The van der Waals surface area contributed by atoms with Crippen molar-refractivity contribution in [2.75, 3.05) is 0 Å². The quantitative estimate of drug-likeness (QED) is 0.375. The summed E-state index contributed by atoms with van der Waals surface area (Å²) in [6, 6.07) is 13.0. The third kappa shape index (κ3) is 2.97. The van der Waals surface area contributed by atoms with Crippen LogP contribution in [0.3, 0.4) is 0 Å². The monoisotopic (exact) mass is 279 g/mol. The summed E-state index contributed by atoms with van der Waals surface area (Å²) in [4.78, 5) is 0. The number of rotatable bonds is 3. The van der Waals surface area contributed by atoms with E-state index in [2.05, 4.69) is 15.9 Å². The van der Waals surface area contributed by atoms with Crippen LogP contribution in [-0.2, 0) is 6.54 Å². The maximum atomic E-state index is 11.6. The van der Waals surface area contributed by atoms with Crippen LogP contribution in [0.4, 0.5) is 0 Å². The lowest BCUT2D eigenvalue weighted by Gasteiger charge is -2.01. The summed E-state index contributed by atoms with van der Waals surface area (Å²) in [5, 5.41) is 11.6. The van der Waals surface area contributed by atoms with Crippen molar-refractivity contribution in [3.05, 3.63) is 63.7 Å². The van der Waals surface area contributed by atoms with Crippen molar-refractivity contribution in [1.29, 1.82) is 0 Å². The summed E-state index contributed by atoms with van der Waals surface area (Å²) < 4.78 is 6.73. The number of furan rings is 1. The summed E-state index contributed by atoms with van der Waals surface area (Å²) in [5.74, 6) is 0.633. The van der Waals surface area contributed by atoms with Gasteiger partial charge in [-0.2, -0.15) is 0 Å². The molecule has 0 fully saturated rings. The van der Waals surface area contributed by atoms with E-state index >= 15 is 0 Å². The van der Waals surface area contributed by atoms with Crippen molar-refractivity contribution in [3.8, 4) is 0 Å². The summed E-state index contributed by atoms with van der Waals surface area (Å²) in [5.41, 5.74) is 0.878. The Bertz CT molecular complexity index is 491. The van der Waals surface area contributed by atoms with Gasteiger partial charge in [-0.3, -0.25) is 0 Å². The molecule has 4 heteroatoms. The van der Waals surface area contributed by atoms with Gasteiger partial charge in [0.05, 0.1) is 0 Å². The van der Waals surface area contributed by atoms with Gasteiger partial charge in [0.2, 0.25) is 6.54 Å². The lowest BCUT2D eigenvalue weighted by Crippen LogP contribution is -2.04. The molecule has 0 N–H and O–H groups in total. The van der Waals surface area contributed by atoms with E-state index in [1.165, 1.54) is 6.21 Å². The first kappa shape index (κ1) is 11.0. The van der Waals surface area contributed by atoms with Crippen LogP contribution in [0.15, 0.2) is 51.6 Å². The lowest BCUT2D eigenvalue weighted by atomic mass is 10.2. The Labute approximate surface area is 102 Å². The topological polar surface area (TPSA) is 39.2 Å². The van der Waals surface area contributed by atoms with Gasteiger partial charge in [0, 0.05) is 5.56 Å². The minimum absolute atomic E-state index is 0.209. The molecule has 0 amide bonds. The number of halogens is 1. The molecule has 0 saturated carbocycles. The maximum absolute atomic E-state index is 11.6. The SMILES string of the molecule is [O-][N+](=Cc1ccccc1)Cc1ccc(Br)o1. The highest BCUT2D eigenvalue weighted by Crippen LogP contribution is 2.14. The van der Waals surface area contributed by atoms with Gasteiger partial charge in [-0.15, -0.1) is 0 Å². The highest BCUT2D eigenvalue weighted by atomic mass is 79.9. The zero-order chi connectivity index (χ0) is 11.4. The molecule has 1 aromatic carbocycles. The molecular formula is C12H10BrNO2. The zero-order valence-electron chi connectivity index (χ0n) is 8.47. The van der Waals surface area contributed by atoms with E-state index in [9.17, 15) is 5.21 Å². The predicted octanol–water partition coefficient (Wildman–Crippen LogP) is 3.17. The Morgan fingerprint density at radius 3 is 2.56 bits per heavy atom. The fourth-order valence-corrected chi connectivity index (χ4v) is 1.68. The number of nitrogens with zero attached hydrogens (tertiary/aromatic N) is 1. The highest BCUT2D eigenvalue weighted by molar-refractivity contribution is 9.10. The molecule has 0 aliphatic carbocycles. The minimum atomic E-state index is 0.209. The standard InChI is InChI=1S/C12H10BrNO2/c13-12-7-6-11(16-12)9-14(15)8-10-4-2-1-3-5-10/h1-8H,9H2. The molecule has 0 saturated heterocycles. The number of hydrogen-bond acceptors (Lipinski definition) is 2. The Kier molecular flexibility index (Phi) is 3.41. The maximum Gasteiger partial charge on any atom is 0.210 e. The van der Waals surface area contributed by atoms with E-state index in [4.69, 9.17) is 4.42 Å². The van der Waals surface area contributed by atoms with Crippen molar-refractivity contribution in [2.24, 2.45) is 0 Å². The van der Waals surface area contributed by atoms with Crippen molar-refractivity contribution >= 4 is 22.1 Å². The van der Waals surface area contributed by atoms with Gasteiger partial charge in [0.15, 0.2) is 16.6 Å². The Balaban J connectivity index is 2.08. The van der Waals surface area contributed by atoms with Crippen molar-refractivity contribution in [2.45, 2.75) is 6.54 Å². The molecule has 2 aromatic rings. The molecule has 2 rings (SSSR count). The summed E-state index contributed by atoms with van der Waals surface area (Å²) in [7, 11) is 0. The molecule has 16 heavy (non-hydrogen) atoms. The lowest BCUT2D eigenvalue weighted by molar-refractivity contribution is -0.472. The van der Waals surface area contributed by atoms with Crippen LogP contribution in [0, 0.1) is 5.21 Å². The third-order valence-corrected chi connectivity index (χ3v) is 2.46. The Hall–Kier alpha value is -1.55. The van der Waals surface area contributed by atoms with Crippen LogP contribution < -0.4 is 0 Å². The van der Waals surface area contributed by atoms with Crippen molar-refractivity contribution in [3.63, 3.8) is 0 Å². The second kappa shape index (κ2) is 4.99. The fourth-order valence-electron chi connectivity index (χ4n) is 1.34. The molecule has 0 unspecified atom stereocenters. The number of hydroxylamine groups is 1. The molecule has 0 spiro atoms. The van der Waals surface area contributed by atoms with Gasteiger partial charge in [-0.1, -0.05) is 18.2 Å². The van der Waals surface area contributed by atoms with Crippen LogP contribution in [0.5, 0.6) is 0 Å². The smallest absolute Gasteiger partial charge is 0.210 e. The molecule has 0 atom stereocenters. The van der Waals surface area contributed by atoms with Gasteiger partial charge in [0.25, 0.3) is 0 Å². The number of benzene rings is 1. The van der Waals surface area contributed by atoms with E-state index in [1.54, 1.807) is 12.1 Å². The number of hydrogen-bond donors (Lipinski definition) is 0. The van der Waals surface area contributed by atoms with Gasteiger partial charge in [-0.05, 0) is 40.2 Å². The first-order chi connectivity index (χ1) is 7.74. The molecule has 82 valence electrons. The van der Waals surface area contributed by atoms with Crippen LogP contribution in [-0.4, -0.2) is 11.0 Å². The highest BCUT2D eigenvalue weighted by Gasteiger charge is 2.03. The largest absolute Gasteiger partial charge is 0.623 e. The van der Waals surface area contributed by atoms with E-state index in [0.29, 0.717) is 10.4 Å². The Morgan fingerprint density at radius 2 is 1.94 bits per heavy atom. The molecule has 0 bridgehead atoms. The molecule has 1 heterocycles. The fraction of sp³-hybridized carbons (Fsp3) is 0.0833. The molecule has 0 aliphatic rings. The van der Waals surface area contributed by atoms with E-state index in [0.717, 1.165) is 10.3 Å². The van der Waals surface area contributed by atoms with E-state index in [-0.39, 0.29) is 6.54 Å². The first-order valence-corrected chi connectivity index (χ1v) is 5.61. The van der Waals surface area contributed by atoms with E-state index in [1.807, 2.05) is 30.3 Å². The van der Waals surface area contributed by atoms with Gasteiger partial charge < -0.3 is 9.62 Å². The third-order valence-electron chi connectivity index (χ3n) is 2.03. The second-order valence-electron chi connectivity index (χ2n) is 3.32. The average Bonchev–Trinajstić information content (AvgIpc) is 2.65. The average molecular weight is 280 g/mol. The van der Waals surface area contributed by atoms with Crippen LogP contribution >= 0.6 is 15.9 Å². The second-order valence-corrected chi connectivity index (χ2v) is 4.10. The Morgan fingerprint density at radius 1 is 1.19 bits per heavy atom. The minimum Gasteiger partial charge on any atom is -0.623 e. The predicted molar refractivity (Wildman–Crippen MR) is 65.3 cm³/mol. The summed E-state index contributed by atoms with van der Waals surface area (Å²) in [6.07, 6.45) is 1.54. The first-order valence-electron chi connectivity index (χ1n) is 4.82. The molecule has 3 nitrogen and oxygen atoms in total. The van der Waals surface area contributed by atoms with Gasteiger partial charge in [0.1, 0.15) is 0 Å². The van der Waals surface area contributed by atoms with Gasteiger partial charge >= 0.3 is 0 Å². The molecule has 1 aromatic heterocycles. The van der Waals surface area contributed by atoms with Gasteiger partial charge in [-0.25, -0.2) is 4.74 Å². The van der Waals surface area contributed by atoms with Crippen LogP contribution in [0.25, 0.3) is 0 Å². The summed E-state index contributed by atoms with van der Waals surface area (Å²) in [6.45, 7) is 0.209. The van der Waals surface area contributed by atoms with Crippen molar-refractivity contribution < 1.29 is 9.16 Å². The summed E-state index contributed by atoms with van der Waals surface area (Å²) >= 11 is 3.19. The normalized spacial score (nSPS) is 11.7.